The molecular weight excluding hydrogens is 354 g/mol. The van der Waals surface area contributed by atoms with Crippen LogP contribution in [0.1, 0.15) is 17.3 Å². The van der Waals surface area contributed by atoms with Crippen LogP contribution in [-0.2, 0) is 9.53 Å². The van der Waals surface area contributed by atoms with Gasteiger partial charge in [-0.25, -0.2) is 4.79 Å². The van der Waals surface area contributed by atoms with Crippen molar-refractivity contribution < 1.29 is 23.8 Å². The number of amides is 1. The van der Waals surface area contributed by atoms with Crippen molar-refractivity contribution in [2.24, 2.45) is 0 Å². The van der Waals surface area contributed by atoms with Crippen molar-refractivity contribution in [3.05, 3.63) is 48.0 Å². The summed E-state index contributed by atoms with van der Waals surface area (Å²) < 4.78 is 15.2. The van der Waals surface area contributed by atoms with E-state index >= 15 is 0 Å². The summed E-state index contributed by atoms with van der Waals surface area (Å²) in [5.41, 5.74) is 0.920. The average Bonchev–Trinajstić information content (AvgIpc) is 2.67. The van der Waals surface area contributed by atoms with Gasteiger partial charge in [0.15, 0.2) is 11.5 Å². The molecule has 1 atom stereocenters. The van der Waals surface area contributed by atoms with Crippen LogP contribution < -0.4 is 14.8 Å². The first kappa shape index (κ1) is 19.7. The number of nitrogens with one attached hydrogen (secondary N) is 1. The highest BCUT2D eigenvalue weighted by Crippen LogP contribution is 2.33. The predicted molar refractivity (Wildman–Crippen MR) is 101 cm³/mol. The lowest BCUT2D eigenvalue weighted by Gasteiger charge is -2.14. The summed E-state index contributed by atoms with van der Waals surface area (Å²) in [7, 11) is 4.45. The number of benzene rings is 2. The van der Waals surface area contributed by atoms with Gasteiger partial charge >= 0.3 is 5.97 Å². The Kier molecular flexibility index (Phi) is 6.91. The highest BCUT2D eigenvalue weighted by Gasteiger charge is 2.16. The van der Waals surface area contributed by atoms with Gasteiger partial charge in [-0.05, 0) is 43.3 Å². The van der Waals surface area contributed by atoms with E-state index in [-0.39, 0.29) is 11.2 Å². The average molecular weight is 375 g/mol. The van der Waals surface area contributed by atoms with Gasteiger partial charge in [-0.15, -0.1) is 11.8 Å². The van der Waals surface area contributed by atoms with Crippen LogP contribution in [0.4, 0.5) is 5.69 Å². The van der Waals surface area contributed by atoms with E-state index in [1.807, 2.05) is 12.1 Å². The molecule has 0 aliphatic heterocycles. The minimum Gasteiger partial charge on any atom is -0.493 e. The zero-order valence-electron chi connectivity index (χ0n) is 15.1. The van der Waals surface area contributed by atoms with Gasteiger partial charge in [0, 0.05) is 10.6 Å². The standard InChI is InChI=1S/C19H21NO5S/c1-12(26-15-8-9-16(23-2)17(11-15)24-3)18(21)20-14-7-5-6-13(10-14)19(22)25-4/h5-12H,1-4H3,(H,20,21)/t12-/m1/s1. The summed E-state index contributed by atoms with van der Waals surface area (Å²) in [4.78, 5) is 24.9. The third-order valence-corrected chi connectivity index (χ3v) is 4.68. The third-order valence-electron chi connectivity index (χ3n) is 3.59. The van der Waals surface area contributed by atoms with Crippen LogP contribution in [-0.4, -0.2) is 38.5 Å². The summed E-state index contributed by atoms with van der Waals surface area (Å²) in [6.45, 7) is 1.81. The Hall–Kier alpha value is -2.67. The van der Waals surface area contributed by atoms with Crippen LogP contribution in [0.15, 0.2) is 47.4 Å². The van der Waals surface area contributed by atoms with Gasteiger partial charge < -0.3 is 19.5 Å². The molecule has 0 heterocycles. The highest BCUT2D eigenvalue weighted by atomic mass is 32.2. The first-order valence-electron chi connectivity index (χ1n) is 7.86. The molecule has 6 nitrogen and oxygen atoms in total. The largest absolute Gasteiger partial charge is 0.493 e. The lowest BCUT2D eigenvalue weighted by atomic mass is 10.2. The molecule has 2 aromatic rings. The van der Waals surface area contributed by atoms with Gasteiger partial charge in [0.05, 0.1) is 32.1 Å². The molecule has 0 bridgehead atoms. The molecule has 0 unspecified atom stereocenters. The minimum absolute atomic E-state index is 0.174. The lowest BCUT2D eigenvalue weighted by Crippen LogP contribution is -2.22. The van der Waals surface area contributed by atoms with Crippen LogP contribution in [0, 0.1) is 0 Å². The van der Waals surface area contributed by atoms with E-state index in [1.165, 1.54) is 18.9 Å². The fraction of sp³-hybridized carbons (Fsp3) is 0.263. The molecule has 0 radical (unpaired) electrons. The Morgan fingerprint density at radius 3 is 2.38 bits per heavy atom. The topological polar surface area (TPSA) is 73.9 Å². The van der Waals surface area contributed by atoms with E-state index in [1.54, 1.807) is 51.5 Å². The number of anilines is 1. The summed E-state index contributed by atoms with van der Waals surface area (Å²) in [6, 6.07) is 12.1. The van der Waals surface area contributed by atoms with Crippen molar-refractivity contribution in [3.8, 4) is 11.5 Å². The lowest BCUT2D eigenvalue weighted by molar-refractivity contribution is -0.115. The number of methoxy groups -OCH3 is 3. The molecule has 0 saturated heterocycles. The second-order valence-electron chi connectivity index (χ2n) is 5.34. The van der Waals surface area contributed by atoms with Crippen molar-refractivity contribution >= 4 is 29.3 Å². The highest BCUT2D eigenvalue weighted by molar-refractivity contribution is 8.00. The van der Waals surface area contributed by atoms with Crippen LogP contribution >= 0.6 is 11.8 Å². The van der Waals surface area contributed by atoms with Crippen molar-refractivity contribution in [1.29, 1.82) is 0 Å². The maximum atomic E-state index is 12.4. The molecule has 1 N–H and O–H groups in total. The summed E-state index contributed by atoms with van der Waals surface area (Å²) in [6.07, 6.45) is 0. The molecule has 0 fully saturated rings. The zero-order valence-corrected chi connectivity index (χ0v) is 15.9. The van der Waals surface area contributed by atoms with Gasteiger partial charge in [0.25, 0.3) is 0 Å². The second kappa shape index (κ2) is 9.15. The van der Waals surface area contributed by atoms with Crippen molar-refractivity contribution in [1.82, 2.24) is 0 Å². The number of hydrogen-bond acceptors (Lipinski definition) is 6. The van der Waals surface area contributed by atoms with E-state index in [9.17, 15) is 9.59 Å². The second-order valence-corrected chi connectivity index (χ2v) is 6.75. The minimum atomic E-state index is -0.450. The molecule has 2 rings (SSSR count). The third kappa shape index (κ3) is 4.92. The SMILES string of the molecule is COC(=O)c1cccc(NC(=O)[C@@H](C)Sc2ccc(OC)c(OC)c2)c1. The van der Waals surface area contributed by atoms with Crippen LogP contribution in [0.25, 0.3) is 0 Å². The normalized spacial score (nSPS) is 11.4. The van der Waals surface area contributed by atoms with Gasteiger partial charge in [0.1, 0.15) is 0 Å². The Labute approximate surface area is 156 Å². The molecule has 1 amide bonds. The molecule has 0 spiro atoms. The van der Waals surface area contributed by atoms with E-state index in [2.05, 4.69) is 10.1 Å². The van der Waals surface area contributed by atoms with Crippen molar-refractivity contribution in [3.63, 3.8) is 0 Å². The Bertz CT molecular complexity index is 793. The number of carbonyl (C=O) groups is 2. The fourth-order valence-electron chi connectivity index (χ4n) is 2.23. The first-order chi connectivity index (χ1) is 12.5. The van der Waals surface area contributed by atoms with E-state index < -0.39 is 5.97 Å². The molecule has 2 aromatic carbocycles. The number of carbonyl (C=O) groups excluding carboxylic acids is 2. The molecule has 7 heteroatoms. The predicted octanol–water partition coefficient (Wildman–Crippen LogP) is 3.61. The van der Waals surface area contributed by atoms with E-state index in [0.29, 0.717) is 22.7 Å². The molecule has 0 saturated carbocycles. The van der Waals surface area contributed by atoms with Crippen LogP contribution in [0.2, 0.25) is 0 Å². The Balaban J connectivity index is 2.05. The van der Waals surface area contributed by atoms with Crippen molar-refractivity contribution in [2.45, 2.75) is 17.1 Å². The van der Waals surface area contributed by atoms with Crippen LogP contribution in [0.3, 0.4) is 0 Å². The molecule has 0 aliphatic rings. The molecular formula is C19H21NO5S. The number of rotatable bonds is 7. The maximum Gasteiger partial charge on any atom is 0.337 e. The monoisotopic (exact) mass is 375 g/mol. The van der Waals surface area contributed by atoms with Gasteiger partial charge in [-0.1, -0.05) is 6.07 Å². The van der Waals surface area contributed by atoms with E-state index in [0.717, 1.165) is 4.90 Å². The number of ether oxygens (including phenoxy) is 3. The molecule has 138 valence electrons. The number of thioether (sulfide) groups is 1. The fourth-order valence-corrected chi connectivity index (χ4v) is 3.13. The van der Waals surface area contributed by atoms with Crippen LogP contribution in [0.5, 0.6) is 11.5 Å². The quantitative estimate of drug-likeness (QED) is 0.589. The summed E-state index contributed by atoms with van der Waals surface area (Å²) >= 11 is 1.40. The van der Waals surface area contributed by atoms with Gasteiger partial charge in [-0.3, -0.25) is 4.79 Å². The molecule has 0 aliphatic carbocycles. The first-order valence-corrected chi connectivity index (χ1v) is 8.74. The van der Waals surface area contributed by atoms with E-state index in [4.69, 9.17) is 9.47 Å². The van der Waals surface area contributed by atoms with Gasteiger partial charge in [0.2, 0.25) is 5.91 Å². The molecule has 0 aromatic heterocycles. The number of hydrogen-bond donors (Lipinski definition) is 1. The van der Waals surface area contributed by atoms with Gasteiger partial charge in [-0.2, -0.15) is 0 Å². The smallest absolute Gasteiger partial charge is 0.337 e. The Morgan fingerprint density at radius 2 is 1.73 bits per heavy atom. The van der Waals surface area contributed by atoms with Crippen molar-refractivity contribution in [2.75, 3.05) is 26.6 Å². The number of esters is 1. The summed E-state index contributed by atoms with van der Waals surface area (Å²) in [5, 5.41) is 2.46. The molecule has 26 heavy (non-hydrogen) atoms. The summed E-state index contributed by atoms with van der Waals surface area (Å²) in [5.74, 6) is 0.616. The zero-order chi connectivity index (χ0) is 19.1. The maximum absolute atomic E-state index is 12.4. The Morgan fingerprint density at radius 1 is 1.00 bits per heavy atom.